The first-order chi connectivity index (χ1) is 12.7. The Balaban J connectivity index is 1.41. The SMILES string of the molecule is COc1ccc(CN2CCC(NC(=O)C=Cc3ccccc3)CC2)cc1. The lowest BCUT2D eigenvalue weighted by molar-refractivity contribution is -0.117. The van der Waals surface area contributed by atoms with E-state index >= 15 is 0 Å². The van der Waals surface area contributed by atoms with Crippen molar-refractivity contribution in [2.45, 2.75) is 25.4 Å². The van der Waals surface area contributed by atoms with Gasteiger partial charge in [-0.3, -0.25) is 9.69 Å². The van der Waals surface area contributed by atoms with E-state index in [1.165, 1.54) is 5.56 Å². The fraction of sp³-hybridized carbons (Fsp3) is 0.318. The largest absolute Gasteiger partial charge is 0.497 e. The first-order valence-electron chi connectivity index (χ1n) is 9.12. The molecular weight excluding hydrogens is 324 g/mol. The molecule has 0 unspecified atom stereocenters. The molecule has 1 N–H and O–H groups in total. The third-order valence-corrected chi connectivity index (χ3v) is 4.73. The number of likely N-dealkylation sites (tertiary alicyclic amines) is 1. The fourth-order valence-electron chi connectivity index (χ4n) is 3.21. The molecule has 0 radical (unpaired) electrons. The molecule has 1 saturated heterocycles. The highest BCUT2D eigenvalue weighted by Gasteiger charge is 2.20. The van der Waals surface area contributed by atoms with Crippen LogP contribution < -0.4 is 10.1 Å². The fourth-order valence-corrected chi connectivity index (χ4v) is 3.21. The number of rotatable bonds is 6. The van der Waals surface area contributed by atoms with Gasteiger partial charge in [0.15, 0.2) is 0 Å². The molecule has 4 nitrogen and oxygen atoms in total. The smallest absolute Gasteiger partial charge is 0.244 e. The minimum atomic E-state index is -0.0116. The second kappa shape index (κ2) is 9.20. The molecule has 1 aliphatic rings. The lowest BCUT2D eigenvalue weighted by atomic mass is 10.0. The van der Waals surface area contributed by atoms with Gasteiger partial charge < -0.3 is 10.1 Å². The minimum absolute atomic E-state index is 0.0116. The molecule has 1 fully saturated rings. The van der Waals surface area contributed by atoms with Gasteiger partial charge in [0.05, 0.1) is 7.11 Å². The van der Waals surface area contributed by atoms with Crippen molar-refractivity contribution in [3.63, 3.8) is 0 Å². The van der Waals surface area contributed by atoms with Gasteiger partial charge in [-0.05, 0) is 42.2 Å². The molecule has 1 aliphatic heterocycles. The number of carbonyl (C=O) groups is 1. The molecule has 2 aromatic carbocycles. The Labute approximate surface area is 155 Å². The molecule has 0 aliphatic carbocycles. The average Bonchev–Trinajstić information content (AvgIpc) is 2.69. The standard InChI is InChI=1S/C22H26N2O2/c1-26-21-10-7-19(8-11-21)17-24-15-13-20(14-16-24)23-22(25)12-9-18-5-3-2-4-6-18/h2-12,20H,13-17H2,1H3,(H,23,25). The second-order valence-corrected chi connectivity index (χ2v) is 6.65. The van der Waals surface area contributed by atoms with Crippen LogP contribution in [0, 0.1) is 0 Å². The van der Waals surface area contributed by atoms with Crippen LogP contribution in [0.5, 0.6) is 5.75 Å². The molecular formula is C22H26N2O2. The Kier molecular flexibility index (Phi) is 6.45. The lowest BCUT2D eigenvalue weighted by Crippen LogP contribution is -2.43. The number of nitrogens with zero attached hydrogens (tertiary/aromatic N) is 1. The van der Waals surface area contributed by atoms with Crippen LogP contribution in [0.1, 0.15) is 24.0 Å². The highest BCUT2D eigenvalue weighted by molar-refractivity contribution is 5.91. The molecule has 1 heterocycles. The molecule has 0 aromatic heterocycles. The van der Waals surface area contributed by atoms with Crippen LogP contribution in [0.15, 0.2) is 60.7 Å². The Hall–Kier alpha value is -2.59. The maximum absolute atomic E-state index is 12.1. The van der Waals surface area contributed by atoms with E-state index in [9.17, 15) is 4.79 Å². The molecule has 26 heavy (non-hydrogen) atoms. The van der Waals surface area contributed by atoms with E-state index in [1.54, 1.807) is 13.2 Å². The lowest BCUT2D eigenvalue weighted by Gasteiger charge is -2.32. The number of amides is 1. The van der Waals surface area contributed by atoms with Crippen LogP contribution in [0.4, 0.5) is 0 Å². The summed E-state index contributed by atoms with van der Waals surface area (Å²) in [7, 11) is 1.68. The van der Waals surface area contributed by atoms with Crippen LogP contribution in [0.3, 0.4) is 0 Å². The number of nitrogens with one attached hydrogen (secondary N) is 1. The minimum Gasteiger partial charge on any atom is -0.497 e. The van der Waals surface area contributed by atoms with Crippen LogP contribution in [-0.4, -0.2) is 37.0 Å². The summed E-state index contributed by atoms with van der Waals surface area (Å²) in [6, 6.07) is 18.4. The second-order valence-electron chi connectivity index (χ2n) is 6.65. The maximum Gasteiger partial charge on any atom is 0.244 e. The van der Waals surface area contributed by atoms with E-state index in [4.69, 9.17) is 4.74 Å². The van der Waals surface area contributed by atoms with Crippen LogP contribution in [-0.2, 0) is 11.3 Å². The van der Waals surface area contributed by atoms with Crippen molar-refractivity contribution >= 4 is 12.0 Å². The monoisotopic (exact) mass is 350 g/mol. The van der Waals surface area contributed by atoms with Crippen molar-refractivity contribution in [3.8, 4) is 5.75 Å². The van der Waals surface area contributed by atoms with Gasteiger partial charge in [-0.2, -0.15) is 0 Å². The van der Waals surface area contributed by atoms with Gasteiger partial charge in [0.25, 0.3) is 0 Å². The molecule has 136 valence electrons. The van der Waals surface area contributed by atoms with E-state index in [1.807, 2.05) is 48.5 Å². The summed E-state index contributed by atoms with van der Waals surface area (Å²) in [5, 5.41) is 3.12. The van der Waals surface area contributed by atoms with Gasteiger partial charge in [0.1, 0.15) is 5.75 Å². The van der Waals surface area contributed by atoms with E-state index in [2.05, 4.69) is 22.3 Å². The van der Waals surface area contributed by atoms with Gasteiger partial charge in [-0.15, -0.1) is 0 Å². The van der Waals surface area contributed by atoms with Crippen molar-refractivity contribution in [1.29, 1.82) is 0 Å². The van der Waals surface area contributed by atoms with E-state index in [0.29, 0.717) is 0 Å². The first kappa shape index (κ1) is 18.2. The average molecular weight is 350 g/mol. The summed E-state index contributed by atoms with van der Waals surface area (Å²) in [6.07, 6.45) is 5.45. The number of methoxy groups -OCH3 is 1. The van der Waals surface area contributed by atoms with Gasteiger partial charge in [-0.25, -0.2) is 0 Å². The van der Waals surface area contributed by atoms with Crippen molar-refractivity contribution < 1.29 is 9.53 Å². The normalized spacial score (nSPS) is 15.9. The van der Waals surface area contributed by atoms with Crippen LogP contribution in [0.2, 0.25) is 0 Å². The molecule has 1 amide bonds. The zero-order valence-corrected chi connectivity index (χ0v) is 15.2. The molecule has 3 rings (SSSR count). The predicted molar refractivity (Wildman–Crippen MR) is 105 cm³/mol. The number of hydrogen-bond donors (Lipinski definition) is 1. The quantitative estimate of drug-likeness (QED) is 0.811. The van der Waals surface area contributed by atoms with Crippen molar-refractivity contribution in [3.05, 3.63) is 71.8 Å². The third kappa shape index (κ3) is 5.46. The zero-order valence-electron chi connectivity index (χ0n) is 15.2. The number of benzene rings is 2. The molecule has 0 saturated carbocycles. The summed E-state index contributed by atoms with van der Waals surface area (Å²) >= 11 is 0. The van der Waals surface area contributed by atoms with Gasteiger partial charge in [0, 0.05) is 31.8 Å². The summed E-state index contributed by atoms with van der Waals surface area (Å²) in [5.41, 5.74) is 2.33. The Morgan fingerprint density at radius 3 is 2.46 bits per heavy atom. The van der Waals surface area contributed by atoms with E-state index in [0.717, 1.165) is 43.8 Å². The Bertz CT molecular complexity index is 718. The predicted octanol–water partition coefficient (Wildman–Crippen LogP) is 3.49. The maximum atomic E-state index is 12.1. The Morgan fingerprint density at radius 2 is 1.81 bits per heavy atom. The van der Waals surface area contributed by atoms with Crippen molar-refractivity contribution in [2.24, 2.45) is 0 Å². The topological polar surface area (TPSA) is 41.6 Å². The van der Waals surface area contributed by atoms with Crippen LogP contribution >= 0.6 is 0 Å². The highest BCUT2D eigenvalue weighted by atomic mass is 16.5. The molecule has 2 aromatic rings. The summed E-state index contributed by atoms with van der Waals surface area (Å²) in [4.78, 5) is 14.5. The summed E-state index contributed by atoms with van der Waals surface area (Å²) in [5.74, 6) is 0.876. The van der Waals surface area contributed by atoms with Gasteiger partial charge in [-0.1, -0.05) is 42.5 Å². The summed E-state index contributed by atoms with van der Waals surface area (Å²) < 4.78 is 5.20. The molecule has 0 bridgehead atoms. The van der Waals surface area contributed by atoms with Crippen LogP contribution in [0.25, 0.3) is 6.08 Å². The molecule has 0 spiro atoms. The van der Waals surface area contributed by atoms with Crippen molar-refractivity contribution in [2.75, 3.05) is 20.2 Å². The van der Waals surface area contributed by atoms with Gasteiger partial charge in [0.2, 0.25) is 5.91 Å². The number of hydrogen-bond acceptors (Lipinski definition) is 3. The highest BCUT2D eigenvalue weighted by Crippen LogP contribution is 2.16. The number of carbonyl (C=O) groups excluding carboxylic acids is 1. The first-order valence-corrected chi connectivity index (χ1v) is 9.12. The van der Waals surface area contributed by atoms with Gasteiger partial charge >= 0.3 is 0 Å². The molecule has 0 atom stereocenters. The van der Waals surface area contributed by atoms with E-state index in [-0.39, 0.29) is 11.9 Å². The molecule has 4 heteroatoms. The number of ether oxygens (including phenoxy) is 1. The zero-order chi connectivity index (χ0) is 18.2. The Morgan fingerprint density at radius 1 is 1.12 bits per heavy atom. The van der Waals surface area contributed by atoms with Crippen molar-refractivity contribution in [1.82, 2.24) is 10.2 Å². The number of piperidine rings is 1. The van der Waals surface area contributed by atoms with E-state index < -0.39 is 0 Å². The third-order valence-electron chi connectivity index (χ3n) is 4.73. The summed E-state index contributed by atoms with van der Waals surface area (Å²) in [6.45, 7) is 2.94.